The number of fused-ring (bicyclic) bond motifs is 1. The molecule has 0 atom stereocenters. The summed E-state index contributed by atoms with van der Waals surface area (Å²) in [5.41, 5.74) is 0.330. The molecule has 9 nitrogen and oxygen atoms in total. The van der Waals surface area contributed by atoms with Gasteiger partial charge in [0.15, 0.2) is 11.4 Å². The second-order valence-electron chi connectivity index (χ2n) is 6.03. The molecule has 3 rings (SSSR count). The van der Waals surface area contributed by atoms with Gasteiger partial charge in [-0.1, -0.05) is 11.6 Å². The molecule has 0 aliphatic heterocycles. The van der Waals surface area contributed by atoms with Crippen molar-refractivity contribution in [1.29, 1.82) is 0 Å². The Morgan fingerprint density at radius 3 is 2.64 bits per heavy atom. The fraction of sp³-hybridized carbons (Fsp3) is 0.278. The van der Waals surface area contributed by atoms with Crippen LogP contribution in [0.25, 0.3) is 10.9 Å². The number of hydrogen-bond acceptors (Lipinski definition) is 6. The molecule has 0 bridgehead atoms. The van der Waals surface area contributed by atoms with E-state index in [1.807, 2.05) is 6.92 Å². The van der Waals surface area contributed by atoms with E-state index in [2.05, 4.69) is 15.5 Å². The van der Waals surface area contributed by atoms with Crippen LogP contribution in [-0.2, 0) is 18.3 Å². The lowest BCUT2D eigenvalue weighted by atomic mass is 10.2. The molecule has 10 heteroatoms. The first-order valence-electron chi connectivity index (χ1n) is 8.42. The lowest BCUT2D eigenvalue weighted by Gasteiger charge is -2.11. The van der Waals surface area contributed by atoms with Crippen molar-refractivity contribution in [2.45, 2.75) is 20.4 Å². The highest BCUT2D eigenvalue weighted by Gasteiger charge is 2.25. The van der Waals surface area contributed by atoms with Gasteiger partial charge in [-0.2, -0.15) is 10.2 Å². The minimum Gasteiger partial charge on any atom is -0.464 e. The average molecular weight is 404 g/mol. The molecule has 0 radical (unpaired) electrons. The minimum atomic E-state index is -0.754. The molecule has 1 aromatic carbocycles. The molecule has 2 heterocycles. The summed E-state index contributed by atoms with van der Waals surface area (Å²) in [5.74, 6) is -1.42. The zero-order valence-electron chi connectivity index (χ0n) is 15.7. The van der Waals surface area contributed by atoms with Gasteiger partial charge in [-0.25, -0.2) is 4.79 Å². The van der Waals surface area contributed by atoms with Crippen LogP contribution in [0.1, 0.15) is 33.6 Å². The number of hydrogen-bond donors (Lipinski definition) is 1. The summed E-state index contributed by atoms with van der Waals surface area (Å²) in [7, 11) is 2.78. The lowest BCUT2D eigenvalue weighted by Crippen LogP contribution is -2.27. The van der Waals surface area contributed by atoms with Gasteiger partial charge in [-0.15, -0.1) is 0 Å². The Morgan fingerprint density at radius 1 is 1.29 bits per heavy atom. The van der Waals surface area contributed by atoms with E-state index in [1.54, 1.807) is 30.8 Å². The zero-order chi connectivity index (χ0) is 20.6. The number of carbonyl (C=O) groups is 2. The standard InChI is InChI=1S/C18H18ClN5O4/c1-5-24-12-7-6-10(19)8-11(12)16(25)14(22-24)17(26)20-13-9(2)21-23(3)15(13)18(27)28-4/h6-8H,5H2,1-4H3,(H,20,26). The van der Waals surface area contributed by atoms with Crippen molar-refractivity contribution >= 4 is 40.1 Å². The van der Waals surface area contributed by atoms with Crippen LogP contribution in [0.3, 0.4) is 0 Å². The van der Waals surface area contributed by atoms with Crippen molar-refractivity contribution in [1.82, 2.24) is 19.6 Å². The van der Waals surface area contributed by atoms with Gasteiger partial charge >= 0.3 is 5.97 Å². The molecule has 146 valence electrons. The number of carbonyl (C=O) groups excluding carboxylic acids is 2. The number of nitrogens with one attached hydrogen (secondary N) is 1. The van der Waals surface area contributed by atoms with E-state index in [0.29, 0.717) is 22.8 Å². The van der Waals surface area contributed by atoms with E-state index in [0.717, 1.165) is 0 Å². The van der Waals surface area contributed by atoms with Crippen molar-refractivity contribution in [3.05, 3.63) is 50.5 Å². The monoisotopic (exact) mass is 403 g/mol. The number of ether oxygens (including phenoxy) is 1. The number of anilines is 1. The number of benzene rings is 1. The van der Waals surface area contributed by atoms with Crippen molar-refractivity contribution in [2.24, 2.45) is 7.05 Å². The minimum absolute atomic E-state index is 0.0630. The van der Waals surface area contributed by atoms with E-state index in [9.17, 15) is 14.4 Å². The fourth-order valence-electron chi connectivity index (χ4n) is 2.96. The number of esters is 1. The molecular weight excluding hydrogens is 386 g/mol. The number of amides is 1. The molecule has 2 aromatic heterocycles. The van der Waals surface area contributed by atoms with Crippen LogP contribution >= 0.6 is 11.6 Å². The Hall–Kier alpha value is -3.20. The Kier molecular flexibility index (Phi) is 5.19. The summed E-state index contributed by atoms with van der Waals surface area (Å²) in [5, 5.41) is 11.5. The summed E-state index contributed by atoms with van der Waals surface area (Å²) in [6, 6.07) is 4.83. The maximum absolute atomic E-state index is 12.8. The van der Waals surface area contributed by atoms with Crippen LogP contribution in [0.4, 0.5) is 5.69 Å². The van der Waals surface area contributed by atoms with Crippen LogP contribution in [0, 0.1) is 6.92 Å². The summed E-state index contributed by atoms with van der Waals surface area (Å²) in [6.45, 7) is 3.91. The molecule has 1 N–H and O–H groups in total. The third-order valence-corrected chi connectivity index (χ3v) is 4.51. The van der Waals surface area contributed by atoms with E-state index < -0.39 is 17.3 Å². The molecule has 3 aromatic rings. The largest absolute Gasteiger partial charge is 0.464 e. The van der Waals surface area contributed by atoms with E-state index in [-0.39, 0.29) is 22.5 Å². The Morgan fingerprint density at radius 2 is 2.00 bits per heavy atom. The molecule has 0 aliphatic carbocycles. The molecule has 0 unspecified atom stereocenters. The highest BCUT2D eigenvalue weighted by molar-refractivity contribution is 6.31. The molecule has 0 fully saturated rings. The summed E-state index contributed by atoms with van der Waals surface area (Å²) >= 11 is 6.01. The lowest BCUT2D eigenvalue weighted by molar-refractivity contribution is 0.0589. The summed E-state index contributed by atoms with van der Waals surface area (Å²) in [4.78, 5) is 37.7. The van der Waals surface area contributed by atoms with E-state index >= 15 is 0 Å². The molecule has 0 aliphatic rings. The summed E-state index contributed by atoms with van der Waals surface area (Å²) in [6.07, 6.45) is 0. The van der Waals surface area contributed by atoms with Crippen molar-refractivity contribution < 1.29 is 14.3 Å². The van der Waals surface area contributed by atoms with Crippen LogP contribution < -0.4 is 10.7 Å². The van der Waals surface area contributed by atoms with Gasteiger partial charge in [-0.3, -0.25) is 19.0 Å². The third-order valence-electron chi connectivity index (χ3n) is 4.27. The van der Waals surface area contributed by atoms with Gasteiger partial charge in [0.1, 0.15) is 0 Å². The van der Waals surface area contributed by atoms with Crippen molar-refractivity contribution in [3.63, 3.8) is 0 Å². The van der Waals surface area contributed by atoms with Gasteiger partial charge in [0.05, 0.1) is 29.4 Å². The highest BCUT2D eigenvalue weighted by Crippen LogP contribution is 2.21. The maximum atomic E-state index is 12.8. The topological polar surface area (TPSA) is 108 Å². The number of nitrogens with zero attached hydrogens (tertiary/aromatic N) is 4. The number of aryl methyl sites for hydroxylation is 3. The number of aromatic nitrogens is 4. The molecule has 28 heavy (non-hydrogen) atoms. The predicted octanol–water partition coefficient (Wildman–Crippen LogP) is 2.15. The maximum Gasteiger partial charge on any atom is 0.358 e. The Balaban J connectivity index is 2.12. The third kappa shape index (κ3) is 3.24. The van der Waals surface area contributed by atoms with Crippen LogP contribution in [-0.4, -0.2) is 38.5 Å². The number of methoxy groups -OCH3 is 1. The van der Waals surface area contributed by atoms with Gasteiger partial charge in [-0.05, 0) is 32.0 Å². The Labute approximate surface area is 164 Å². The Bertz CT molecular complexity index is 1160. The first-order chi connectivity index (χ1) is 13.3. The molecule has 0 saturated heterocycles. The second-order valence-corrected chi connectivity index (χ2v) is 6.47. The van der Waals surface area contributed by atoms with Crippen LogP contribution in [0.5, 0.6) is 0 Å². The highest BCUT2D eigenvalue weighted by atomic mass is 35.5. The first kappa shape index (κ1) is 19.6. The normalized spacial score (nSPS) is 10.9. The average Bonchev–Trinajstić information content (AvgIpc) is 2.94. The zero-order valence-corrected chi connectivity index (χ0v) is 16.5. The molecule has 0 spiro atoms. The van der Waals surface area contributed by atoms with Gasteiger partial charge < -0.3 is 10.1 Å². The molecule has 1 amide bonds. The SMILES string of the molecule is CCn1nc(C(=O)Nc2c(C)nn(C)c2C(=O)OC)c(=O)c2cc(Cl)ccc21. The molecular formula is C18H18ClN5O4. The summed E-state index contributed by atoms with van der Waals surface area (Å²) < 4.78 is 7.58. The van der Waals surface area contributed by atoms with Gasteiger partial charge in [0, 0.05) is 18.6 Å². The fourth-order valence-corrected chi connectivity index (χ4v) is 3.14. The number of halogens is 1. The van der Waals surface area contributed by atoms with Crippen molar-refractivity contribution in [3.8, 4) is 0 Å². The van der Waals surface area contributed by atoms with Gasteiger partial charge in [0.2, 0.25) is 5.43 Å². The van der Waals surface area contributed by atoms with Crippen LogP contribution in [0.2, 0.25) is 5.02 Å². The quantitative estimate of drug-likeness (QED) is 0.668. The molecule has 0 saturated carbocycles. The second kappa shape index (κ2) is 7.43. The smallest absolute Gasteiger partial charge is 0.358 e. The predicted molar refractivity (Wildman–Crippen MR) is 104 cm³/mol. The van der Waals surface area contributed by atoms with Crippen LogP contribution in [0.15, 0.2) is 23.0 Å². The number of rotatable bonds is 4. The van der Waals surface area contributed by atoms with E-state index in [1.165, 1.54) is 17.9 Å². The van der Waals surface area contributed by atoms with Gasteiger partial charge in [0.25, 0.3) is 5.91 Å². The van der Waals surface area contributed by atoms with Crippen molar-refractivity contribution in [2.75, 3.05) is 12.4 Å². The first-order valence-corrected chi connectivity index (χ1v) is 8.79. The van der Waals surface area contributed by atoms with E-state index in [4.69, 9.17) is 16.3 Å².